The number of halogens is 1. The van der Waals surface area contributed by atoms with Crippen molar-refractivity contribution in [2.45, 2.75) is 11.3 Å². The maximum atomic E-state index is 12.9. The molecule has 0 aromatic heterocycles. The minimum absolute atomic E-state index is 0.0866. The van der Waals surface area contributed by atoms with E-state index in [0.717, 1.165) is 17.7 Å². The first-order chi connectivity index (χ1) is 9.48. The Balaban J connectivity index is 2.05. The summed E-state index contributed by atoms with van der Waals surface area (Å²) in [6, 6.07) is 10.0. The van der Waals surface area contributed by atoms with Crippen molar-refractivity contribution in [3.05, 3.63) is 53.8 Å². The molecule has 0 saturated carbocycles. The Kier molecular flexibility index (Phi) is 2.90. The third-order valence-electron chi connectivity index (χ3n) is 3.36. The SMILES string of the molecule is Nc1ccc2c(c1)CCN2S(=O)(=O)c1ccc(F)cc1. The van der Waals surface area contributed by atoms with Crippen LogP contribution in [0.1, 0.15) is 5.56 Å². The van der Waals surface area contributed by atoms with Crippen LogP contribution in [0.2, 0.25) is 0 Å². The number of rotatable bonds is 2. The quantitative estimate of drug-likeness (QED) is 0.863. The average molecular weight is 292 g/mol. The van der Waals surface area contributed by atoms with E-state index in [2.05, 4.69) is 0 Å². The van der Waals surface area contributed by atoms with Crippen molar-refractivity contribution in [1.29, 1.82) is 0 Å². The van der Waals surface area contributed by atoms with E-state index < -0.39 is 15.8 Å². The lowest BCUT2D eigenvalue weighted by atomic mass is 10.1. The van der Waals surface area contributed by atoms with Gasteiger partial charge in [0.1, 0.15) is 5.82 Å². The third kappa shape index (κ3) is 2.02. The standard InChI is InChI=1S/C14H13FN2O2S/c15-11-1-4-13(5-2-11)20(18,19)17-8-7-10-9-12(16)3-6-14(10)17/h1-6,9H,7-8,16H2. The fourth-order valence-corrected chi connectivity index (χ4v) is 3.88. The number of hydrogen-bond acceptors (Lipinski definition) is 3. The van der Waals surface area contributed by atoms with Gasteiger partial charge in [-0.25, -0.2) is 12.8 Å². The number of hydrogen-bond donors (Lipinski definition) is 1. The highest BCUT2D eigenvalue weighted by Gasteiger charge is 2.30. The van der Waals surface area contributed by atoms with E-state index >= 15 is 0 Å². The monoisotopic (exact) mass is 292 g/mol. The van der Waals surface area contributed by atoms with Gasteiger partial charge >= 0.3 is 0 Å². The number of fused-ring (bicyclic) bond motifs is 1. The van der Waals surface area contributed by atoms with Gasteiger partial charge in [0.2, 0.25) is 0 Å². The summed E-state index contributed by atoms with van der Waals surface area (Å²) < 4.78 is 39.4. The van der Waals surface area contributed by atoms with Crippen molar-refractivity contribution >= 4 is 21.4 Å². The predicted octanol–water partition coefficient (Wildman–Crippen LogP) is 2.16. The summed E-state index contributed by atoms with van der Waals surface area (Å²) in [5, 5.41) is 0. The molecule has 1 aliphatic rings. The Morgan fingerprint density at radius 2 is 1.80 bits per heavy atom. The van der Waals surface area contributed by atoms with Gasteiger partial charge < -0.3 is 5.73 Å². The van der Waals surface area contributed by atoms with E-state index in [-0.39, 0.29) is 4.90 Å². The highest BCUT2D eigenvalue weighted by molar-refractivity contribution is 7.92. The number of sulfonamides is 1. The fraction of sp³-hybridized carbons (Fsp3) is 0.143. The molecule has 2 aromatic rings. The summed E-state index contributed by atoms with van der Waals surface area (Å²) in [4.78, 5) is 0.0866. The molecule has 0 bridgehead atoms. The Morgan fingerprint density at radius 1 is 1.10 bits per heavy atom. The molecule has 0 aliphatic carbocycles. The number of anilines is 2. The van der Waals surface area contributed by atoms with Crippen LogP contribution < -0.4 is 10.0 Å². The van der Waals surface area contributed by atoms with E-state index in [1.807, 2.05) is 0 Å². The van der Waals surface area contributed by atoms with Crippen LogP contribution in [-0.2, 0) is 16.4 Å². The molecule has 1 heterocycles. The molecule has 0 spiro atoms. The van der Waals surface area contributed by atoms with Gasteiger partial charge in [-0.1, -0.05) is 0 Å². The Morgan fingerprint density at radius 3 is 2.50 bits per heavy atom. The van der Waals surface area contributed by atoms with E-state index in [0.29, 0.717) is 24.3 Å². The van der Waals surface area contributed by atoms with E-state index in [1.54, 1.807) is 18.2 Å². The molecule has 0 amide bonds. The van der Waals surface area contributed by atoms with Gasteiger partial charge in [0.15, 0.2) is 0 Å². The topological polar surface area (TPSA) is 63.4 Å². The molecule has 0 unspecified atom stereocenters. The minimum Gasteiger partial charge on any atom is -0.399 e. The lowest BCUT2D eigenvalue weighted by molar-refractivity contribution is 0.591. The summed E-state index contributed by atoms with van der Waals surface area (Å²) in [7, 11) is -3.66. The van der Waals surface area contributed by atoms with Crippen molar-refractivity contribution in [2.75, 3.05) is 16.6 Å². The van der Waals surface area contributed by atoms with E-state index in [4.69, 9.17) is 5.73 Å². The Bertz CT molecular complexity index is 757. The van der Waals surface area contributed by atoms with Crippen LogP contribution in [0.3, 0.4) is 0 Å². The van der Waals surface area contributed by atoms with Crippen LogP contribution >= 0.6 is 0 Å². The number of benzene rings is 2. The van der Waals surface area contributed by atoms with Crippen molar-refractivity contribution in [3.63, 3.8) is 0 Å². The molecule has 0 radical (unpaired) electrons. The number of nitrogen functional groups attached to an aromatic ring is 1. The second-order valence-electron chi connectivity index (χ2n) is 4.67. The molecule has 3 rings (SSSR count). The molecule has 0 atom stereocenters. The molecule has 6 heteroatoms. The first-order valence-corrected chi connectivity index (χ1v) is 7.59. The summed E-state index contributed by atoms with van der Waals surface area (Å²) in [5.74, 6) is -0.460. The van der Waals surface area contributed by atoms with Crippen LogP contribution in [0.5, 0.6) is 0 Å². The van der Waals surface area contributed by atoms with Crippen molar-refractivity contribution < 1.29 is 12.8 Å². The maximum absolute atomic E-state index is 12.9. The molecule has 4 nitrogen and oxygen atoms in total. The third-order valence-corrected chi connectivity index (χ3v) is 5.19. The molecule has 0 fully saturated rings. The van der Waals surface area contributed by atoms with Crippen LogP contribution in [0, 0.1) is 5.82 Å². The lowest BCUT2D eigenvalue weighted by Gasteiger charge is -2.19. The first kappa shape index (κ1) is 12.9. The van der Waals surface area contributed by atoms with Gasteiger partial charge in [0, 0.05) is 12.2 Å². The molecule has 2 aromatic carbocycles. The lowest BCUT2D eigenvalue weighted by Crippen LogP contribution is -2.29. The summed E-state index contributed by atoms with van der Waals surface area (Å²) in [5.41, 5.74) is 7.87. The first-order valence-electron chi connectivity index (χ1n) is 6.15. The van der Waals surface area contributed by atoms with Crippen LogP contribution in [0.15, 0.2) is 47.4 Å². The second-order valence-corrected chi connectivity index (χ2v) is 6.53. The van der Waals surface area contributed by atoms with Crippen LogP contribution in [0.25, 0.3) is 0 Å². The number of nitrogens with zero attached hydrogens (tertiary/aromatic N) is 1. The smallest absolute Gasteiger partial charge is 0.264 e. The van der Waals surface area contributed by atoms with Gasteiger partial charge in [0.05, 0.1) is 10.6 Å². The van der Waals surface area contributed by atoms with Crippen LogP contribution in [-0.4, -0.2) is 15.0 Å². The highest BCUT2D eigenvalue weighted by Crippen LogP contribution is 2.33. The predicted molar refractivity (Wildman–Crippen MR) is 75.5 cm³/mol. The zero-order valence-electron chi connectivity index (χ0n) is 10.6. The molecular formula is C14H13FN2O2S. The zero-order chi connectivity index (χ0) is 14.3. The zero-order valence-corrected chi connectivity index (χ0v) is 11.4. The average Bonchev–Trinajstić information content (AvgIpc) is 2.82. The molecule has 0 saturated heterocycles. The molecule has 2 N–H and O–H groups in total. The largest absolute Gasteiger partial charge is 0.399 e. The van der Waals surface area contributed by atoms with Crippen molar-refractivity contribution in [2.24, 2.45) is 0 Å². The van der Waals surface area contributed by atoms with Crippen LogP contribution in [0.4, 0.5) is 15.8 Å². The molecule has 20 heavy (non-hydrogen) atoms. The summed E-state index contributed by atoms with van der Waals surface area (Å²) in [6.07, 6.45) is 0.626. The minimum atomic E-state index is -3.66. The summed E-state index contributed by atoms with van der Waals surface area (Å²) >= 11 is 0. The maximum Gasteiger partial charge on any atom is 0.264 e. The number of nitrogens with two attached hydrogens (primary N) is 1. The van der Waals surface area contributed by atoms with E-state index in [1.165, 1.54) is 16.4 Å². The Hall–Kier alpha value is -2.08. The normalized spacial score (nSPS) is 14.3. The summed E-state index contributed by atoms with van der Waals surface area (Å²) in [6.45, 7) is 0.374. The molecule has 104 valence electrons. The molecule has 1 aliphatic heterocycles. The van der Waals surface area contributed by atoms with Gasteiger partial charge in [-0.2, -0.15) is 0 Å². The van der Waals surface area contributed by atoms with Gasteiger partial charge in [-0.3, -0.25) is 4.31 Å². The fourth-order valence-electron chi connectivity index (χ4n) is 2.37. The Labute approximate surface area is 116 Å². The highest BCUT2D eigenvalue weighted by atomic mass is 32.2. The van der Waals surface area contributed by atoms with Gasteiger partial charge in [-0.15, -0.1) is 0 Å². The van der Waals surface area contributed by atoms with Gasteiger partial charge in [0.25, 0.3) is 10.0 Å². The van der Waals surface area contributed by atoms with Crippen molar-refractivity contribution in [3.8, 4) is 0 Å². The van der Waals surface area contributed by atoms with E-state index in [9.17, 15) is 12.8 Å². The molecular weight excluding hydrogens is 279 g/mol. The van der Waals surface area contributed by atoms with Gasteiger partial charge in [-0.05, 0) is 54.4 Å². The second kappa shape index (κ2) is 4.49. The van der Waals surface area contributed by atoms with Crippen molar-refractivity contribution in [1.82, 2.24) is 0 Å².